The Balaban J connectivity index is 2.00. The van der Waals surface area contributed by atoms with Gasteiger partial charge in [0, 0.05) is 17.8 Å². The molecule has 0 aliphatic carbocycles. The number of nitrogens with one attached hydrogen (secondary N) is 1. The van der Waals surface area contributed by atoms with Gasteiger partial charge in [0.15, 0.2) is 11.0 Å². The van der Waals surface area contributed by atoms with Gasteiger partial charge in [-0.05, 0) is 29.8 Å². The van der Waals surface area contributed by atoms with E-state index in [1.807, 2.05) is 37.4 Å². The first-order valence-corrected chi connectivity index (χ1v) is 11.2. The lowest BCUT2D eigenvalue weighted by molar-refractivity contribution is 0.560. The van der Waals surface area contributed by atoms with Crippen LogP contribution in [0.25, 0.3) is 0 Å². The minimum Gasteiger partial charge on any atom is -0.308 e. The second-order valence-corrected chi connectivity index (χ2v) is 9.06. The van der Waals surface area contributed by atoms with Crippen LogP contribution in [0, 0.1) is 0 Å². The largest absolute Gasteiger partial charge is 0.308 e. The molecule has 0 aliphatic rings. The van der Waals surface area contributed by atoms with Crippen molar-refractivity contribution >= 4 is 33.4 Å². The highest BCUT2D eigenvalue weighted by Gasteiger charge is 2.27. The van der Waals surface area contributed by atoms with Crippen molar-refractivity contribution in [1.82, 2.24) is 19.5 Å². The van der Waals surface area contributed by atoms with Gasteiger partial charge in [0.1, 0.15) is 6.04 Å². The summed E-state index contributed by atoms with van der Waals surface area (Å²) < 4.78 is 30.5. The van der Waals surface area contributed by atoms with E-state index in [0.717, 1.165) is 5.56 Å². The van der Waals surface area contributed by atoms with Gasteiger partial charge in [-0.2, -0.15) is 4.72 Å². The lowest BCUT2D eigenvalue weighted by atomic mass is 10.1. The van der Waals surface area contributed by atoms with Gasteiger partial charge in [0.2, 0.25) is 10.0 Å². The number of rotatable bonds is 8. The Morgan fingerprint density at radius 1 is 1.18 bits per heavy atom. The lowest BCUT2D eigenvalue weighted by Crippen LogP contribution is -2.31. The molecule has 3 rings (SSSR count). The predicted octanol–water partition coefficient (Wildman–Crippen LogP) is 3.81. The smallest absolute Gasteiger partial charge is 0.241 e. The number of benzene rings is 2. The molecule has 1 atom stereocenters. The molecule has 0 aliphatic heterocycles. The maximum Gasteiger partial charge on any atom is 0.241 e. The number of aromatic nitrogens is 3. The highest BCUT2D eigenvalue weighted by atomic mass is 35.5. The summed E-state index contributed by atoms with van der Waals surface area (Å²) in [6.07, 6.45) is 1.77. The average Bonchev–Trinajstić information content (AvgIpc) is 3.06. The Kier molecular flexibility index (Phi) is 6.56. The molecule has 1 unspecified atom stereocenters. The summed E-state index contributed by atoms with van der Waals surface area (Å²) in [6, 6.07) is 14.6. The Bertz CT molecular complexity index is 1050. The van der Waals surface area contributed by atoms with Gasteiger partial charge >= 0.3 is 0 Å². The molecule has 1 aromatic heterocycles. The molecule has 0 amide bonds. The Morgan fingerprint density at radius 3 is 2.50 bits per heavy atom. The summed E-state index contributed by atoms with van der Waals surface area (Å²) in [6.45, 7) is 3.70. The molecule has 0 fully saturated rings. The van der Waals surface area contributed by atoms with E-state index in [2.05, 4.69) is 21.5 Å². The van der Waals surface area contributed by atoms with Gasteiger partial charge < -0.3 is 4.57 Å². The molecule has 0 spiro atoms. The highest BCUT2D eigenvalue weighted by Crippen LogP contribution is 2.26. The van der Waals surface area contributed by atoms with Gasteiger partial charge in [0.05, 0.1) is 4.90 Å². The Hall–Kier alpha value is -2.13. The number of thioether (sulfide) groups is 1. The van der Waals surface area contributed by atoms with E-state index >= 15 is 0 Å². The van der Waals surface area contributed by atoms with Crippen molar-refractivity contribution in [2.75, 3.05) is 5.75 Å². The minimum atomic E-state index is -3.81. The molecule has 6 nitrogen and oxygen atoms in total. The molecular weight excluding hydrogens is 416 g/mol. The minimum absolute atomic E-state index is 0.126. The van der Waals surface area contributed by atoms with Crippen LogP contribution < -0.4 is 4.72 Å². The second-order valence-electron chi connectivity index (χ2n) is 5.92. The molecule has 0 radical (unpaired) electrons. The zero-order valence-corrected chi connectivity index (χ0v) is 17.5. The maximum absolute atomic E-state index is 13.0. The van der Waals surface area contributed by atoms with Crippen molar-refractivity contribution in [2.45, 2.75) is 16.1 Å². The number of hydrogen-bond acceptors (Lipinski definition) is 5. The molecule has 28 heavy (non-hydrogen) atoms. The average molecular weight is 435 g/mol. The second kappa shape index (κ2) is 8.91. The highest BCUT2D eigenvalue weighted by molar-refractivity contribution is 7.99. The van der Waals surface area contributed by atoms with Gasteiger partial charge in [-0.3, -0.25) is 0 Å². The number of hydrogen-bond donors (Lipinski definition) is 1. The van der Waals surface area contributed by atoms with Crippen LogP contribution in [0.2, 0.25) is 5.02 Å². The van der Waals surface area contributed by atoms with Crippen molar-refractivity contribution in [2.24, 2.45) is 7.05 Å². The van der Waals surface area contributed by atoms with E-state index in [9.17, 15) is 8.42 Å². The van der Waals surface area contributed by atoms with E-state index in [-0.39, 0.29) is 4.90 Å². The van der Waals surface area contributed by atoms with Crippen LogP contribution in [0.4, 0.5) is 0 Å². The van der Waals surface area contributed by atoms with E-state index in [4.69, 9.17) is 11.6 Å². The van der Waals surface area contributed by atoms with E-state index in [1.54, 1.807) is 22.8 Å². The van der Waals surface area contributed by atoms with Crippen LogP contribution in [0.15, 0.2) is 77.3 Å². The Labute approximate surface area is 173 Å². The third-order valence-corrected chi connectivity index (χ3v) is 6.69. The van der Waals surface area contributed by atoms with Crippen LogP contribution in [-0.2, 0) is 17.1 Å². The third kappa shape index (κ3) is 4.64. The molecule has 2 aromatic carbocycles. The van der Waals surface area contributed by atoms with Crippen molar-refractivity contribution in [1.29, 1.82) is 0 Å². The molecule has 0 bridgehead atoms. The third-order valence-electron chi connectivity index (χ3n) is 3.99. The summed E-state index contributed by atoms with van der Waals surface area (Å²) in [5.74, 6) is 1.17. The molecular formula is C19H19ClN4O2S2. The molecule has 0 saturated carbocycles. The number of halogens is 1. The molecule has 9 heteroatoms. The van der Waals surface area contributed by atoms with E-state index in [0.29, 0.717) is 21.8 Å². The fraction of sp³-hybridized carbons (Fsp3) is 0.158. The van der Waals surface area contributed by atoms with Crippen molar-refractivity contribution in [3.8, 4) is 0 Å². The maximum atomic E-state index is 13.0. The first kappa shape index (κ1) is 20.6. The fourth-order valence-corrected chi connectivity index (χ4v) is 4.55. The van der Waals surface area contributed by atoms with Gasteiger partial charge in [-0.15, -0.1) is 16.8 Å². The lowest BCUT2D eigenvalue weighted by Gasteiger charge is -2.19. The molecule has 146 valence electrons. The van der Waals surface area contributed by atoms with Gasteiger partial charge in [-0.1, -0.05) is 59.8 Å². The van der Waals surface area contributed by atoms with Crippen LogP contribution in [0.5, 0.6) is 0 Å². The molecule has 1 heterocycles. The number of nitrogens with zero attached hydrogens (tertiary/aromatic N) is 3. The number of sulfonamides is 1. The molecule has 0 saturated heterocycles. The van der Waals surface area contributed by atoms with E-state index in [1.165, 1.54) is 23.9 Å². The summed E-state index contributed by atoms with van der Waals surface area (Å²) in [5.41, 5.74) is 0.760. The van der Waals surface area contributed by atoms with Crippen molar-refractivity contribution in [3.63, 3.8) is 0 Å². The van der Waals surface area contributed by atoms with Crippen LogP contribution in [-0.4, -0.2) is 28.9 Å². The van der Waals surface area contributed by atoms with Crippen LogP contribution in [0.3, 0.4) is 0 Å². The summed E-state index contributed by atoms with van der Waals surface area (Å²) in [5, 5.41) is 9.59. The zero-order valence-electron chi connectivity index (χ0n) is 15.1. The normalized spacial score (nSPS) is 12.6. The van der Waals surface area contributed by atoms with Gasteiger partial charge in [-0.25, -0.2) is 8.42 Å². The van der Waals surface area contributed by atoms with Crippen LogP contribution in [0.1, 0.15) is 17.4 Å². The topological polar surface area (TPSA) is 76.9 Å². The molecule has 1 N–H and O–H groups in total. The first-order chi connectivity index (χ1) is 13.4. The van der Waals surface area contributed by atoms with Gasteiger partial charge in [0.25, 0.3) is 0 Å². The van der Waals surface area contributed by atoms with Crippen molar-refractivity contribution in [3.05, 3.63) is 83.7 Å². The quantitative estimate of drug-likeness (QED) is 0.431. The first-order valence-electron chi connectivity index (χ1n) is 8.38. The fourth-order valence-electron chi connectivity index (χ4n) is 2.59. The van der Waals surface area contributed by atoms with Crippen LogP contribution >= 0.6 is 23.4 Å². The zero-order chi connectivity index (χ0) is 20.1. The SMILES string of the molecule is C=CCSc1nnc(C(NS(=O)(=O)c2ccc(Cl)cc2)c2ccccc2)n1C. The summed E-state index contributed by atoms with van der Waals surface area (Å²) >= 11 is 7.35. The summed E-state index contributed by atoms with van der Waals surface area (Å²) in [7, 11) is -2.00. The predicted molar refractivity (Wildman–Crippen MR) is 112 cm³/mol. The van der Waals surface area contributed by atoms with E-state index < -0.39 is 16.1 Å². The summed E-state index contributed by atoms with van der Waals surface area (Å²) in [4.78, 5) is 0.126. The Morgan fingerprint density at radius 2 is 1.86 bits per heavy atom. The standard InChI is InChI=1S/C19H19ClN4O2S2/c1-3-13-27-19-22-21-18(24(19)2)17(14-7-5-4-6-8-14)23-28(25,26)16-11-9-15(20)10-12-16/h3-12,17,23H,1,13H2,2H3. The molecule has 3 aromatic rings. The van der Waals surface area contributed by atoms with Crippen molar-refractivity contribution < 1.29 is 8.42 Å². The monoisotopic (exact) mass is 434 g/mol.